The summed E-state index contributed by atoms with van der Waals surface area (Å²) >= 11 is 0. The maximum atomic E-state index is 12.2. The van der Waals surface area contributed by atoms with Crippen molar-refractivity contribution in [2.45, 2.75) is 77.7 Å². The van der Waals surface area contributed by atoms with Crippen molar-refractivity contribution < 1.29 is 33.5 Å². The van der Waals surface area contributed by atoms with Gasteiger partial charge < -0.3 is 29.2 Å². The molecule has 0 spiro atoms. The van der Waals surface area contributed by atoms with E-state index in [-0.39, 0.29) is 12.2 Å². The van der Waals surface area contributed by atoms with E-state index >= 15 is 0 Å². The van der Waals surface area contributed by atoms with E-state index in [1.165, 1.54) is 13.2 Å². The lowest BCUT2D eigenvalue weighted by Crippen LogP contribution is -2.45. The molecule has 30 heavy (non-hydrogen) atoms. The molecule has 1 fully saturated rings. The van der Waals surface area contributed by atoms with E-state index in [1.54, 1.807) is 32.9 Å². The van der Waals surface area contributed by atoms with Crippen LogP contribution in [0.15, 0.2) is 18.2 Å². The van der Waals surface area contributed by atoms with Gasteiger partial charge in [-0.15, -0.1) is 0 Å². The summed E-state index contributed by atoms with van der Waals surface area (Å²) in [4.78, 5) is 24.3. The van der Waals surface area contributed by atoms with Crippen LogP contribution in [-0.4, -0.2) is 54.2 Å². The highest BCUT2D eigenvalue weighted by Crippen LogP contribution is 2.36. The maximum Gasteiger partial charge on any atom is 0.494 e. The number of aromatic hydroxyl groups is 1. The first kappa shape index (κ1) is 24.0. The van der Waals surface area contributed by atoms with Gasteiger partial charge in [0.25, 0.3) is 0 Å². The minimum atomic E-state index is -0.988. The van der Waals surface area contributed by atoms with Crippen molar-refractivity contribution in [1.29, 1.82) is 0 Å². The molecule has 0 unspecified atom stereocenters. The van der Waals surface area contributed by atoms with Gasteiger partial charge in [0.1, 0.15) is 17.4 Å². The molecule has 0 aromatic heterocycles. The summed E-state index contributed by atoms with van der Waals surface area (Å²) in [5.74, 6) is -0.625. The summed E-state index contributed by atoms with van der Waals surface area (Å²) in [5.41, 5.74) is -0.554. The van der Waals surface area contributed by atoms with Crippen LogP contribution in [0.3, 0.4) is 0 Å². The van der Waals surface area contributed by atoms with Gasteiger partial charge in [0, 0.05) is 6.42 Å². The van der Waals surface area contributed by atoms with E-state index in [1.807, 2.05) is 27.7 Å². The number of phenolic OH excluding ortho intramolecular Hbond substituents is 1. The third-order valence-corrected chi connectivity index (χ3v) is 5.14. The third kappa shape index (κ3) is 5.89. The summed E-state index contributed by atoms with van der Waals surface area (Å²) in [5, 5.41) is 12.7. The van der Waals surface area contributed by atoms with Crippen molar-refractivity contribution in [1.82, 2.24) is 5.32 Å². The van der Waals surface area contributed by atoms with Crippen molar-refractivity contribution in [3.8, 4) is 5.75 Å². The number of esters is 1. The topological polar surface area (TPSA) is 103 Å². The summed E-state index contributed by atoms with van der Waals surface area (Å²) in [7, 11) is 0.570. The number of methoxy groups -OCH3 is 1. The van der Waals surface area contributed by atoms with Crippen LogP contribution < -0.4 is 10.8 Å². The fourth-order valence-electron chi connectivity index (χ4n) is 2.95. The van der Waals surface area contributed by atoms with Gasteiger partial charge in [0.15, 0.2) is 0 Å². The van der Waals surface area contributed by atoms with Crippen molar-refractivity contribution in [3.63, 3.8) is 0 Å². The highest BCUT2D eigenvalue weighted by molar-refractivity contribution is 6.62. The summed E-state index contributed by atoms with van der Waals surface area (Å²) in [6.07, 6.45) is -0.642. The molecular weight excluding hydrogens is 389 g/mol. The molecule has 0 saturated carbocycles. The van der Waals surface area contributed by atoms with Gasteiger partial charge in [-0.25, -0.2) is 9.59 Å². The van der Waals surface area contributed by atoms with Gasteiger partial charge in [0.2, 0.25) is 0 Å². The molecule has 1 aliphatic rings. The monoisotopic (exact) mass is 421 g/mol. The molecule has 2 rings (SSSR count). The quantitative estimate of drug-likeness (QED) is 0.556. The average molecular weight is 421 g/mol. The molecule has 1 aromatic carbocycles. The minimum Gasteiger partial charge on any atom is -0.508 e. The molecule has 1 saturated heterocycles. The number of nitrogens with one attached hydrogen (secondary N) is 1. The SMILES string of the molecule is COC(=O)[C@H](Cc1cc(O)cc(B2OC(C)(C)C(C)(C)O2)c1)NC(=O)OC(C)(C)C. The Hall–Kier alpha value is -2.26. The first-order valence-corrected chi connectivity index (χ1v) is 9.89. The zero-order valence-corrected chi connectivity index (χ0v) is 19.0. The van der Waals surface area contributed by atoms with E-state index in [0.717, 1.165) is 0 Å². The lowest BCUT2D eigenvalue weighted by atomic mass is 9.78. The van der Waals surface area contributed by atoms with Crippen molar-refractivity contribution in [3.05, 3.63) is 23.8 Å². The molecule has 1 atom stereocenters. The summed E-state index contributed by atoms with van der Waals surface area (Å²) < 4.78 is 22.1. The zero-order valence-electron chi connectivity index (χ0n) is 19.0. The van der Waals surface area contributed by atoms with Gasteiger partial charge in [0.05, 0.1) is 18.3 Å². The van der Waals surface area contributed by atoms with E-state index in [4.69, 9.17) is 18.8 Å². The van der Waals surface area contributed by atoms with Crippen LogP contribution in [-0.2, 0) is 30.0 Å². The predicted octanol–water partition coefficient (Wildman–Crippen LogP) is 2.30. The number of rotatable bonds is 5. The van der Waals surface area contributed by atoms with E-state index in [2.05, 4.69) is 5.32 Å². The van der Waals surface area contributed by atoms with Crippen LogP contribution in [0.4, 0.5) is 4.79 Å². The molecule has 0 bridgehead atoms. The first-order valence-electron chi connectivity index (χ1n) is 9.89. The van der Waals surface area contributed by atoms with E-state index < -0.39 is 42.0 Å². The maximum absolute atomic E-state index is 12.2. The minimum absolute atomic E-state index is 0.00176. The molecule has 1 aromatic rings. The Kier molecular flexibility index (Phi) is 6.78. The van der Waals surface area contributed by atoms with E-state index in [0.29, 0.717) is 11.0 Å². The number of carbonyl (C=O) groups is 2. The molecule has 1 amide bonds. The lowest BCUT2D eigenvalue weighted by molar-refractivity contribution is -0.143. The smallest absolute Gasteiger partial charge is 0.494 e. The van der Waals surface area contributed by atoms with E-state index in [9.17, 15) is 14.7 Å². The number of hydrogen-bond acceptors (Lipinski definition) is 7. The van der Waals surface area contributed by atoms with Crippen LogP contribution in [0.25, 0.3) is 0 Å². The fraction of sp³-hybridized carbons (Fsp3) is 0.619. The number of ether oxygens (including phenoxy) is 2. The number of carbonyl (C=O) groups excluding carboxylic acids is 2. The molecule has 0 aliphatic carbocycles. The second kappa shape index (κ2) is 8.47. The van der Waals surface area contributed by atoms with Crippen molar-refractivity contribution >= 4 is 24.6 Å². The van der Waals surface area contributed by atoms with Gasteiger partial charge in [-0.2, -0.15) is 0 Å². The van der Waals surface area contributed by atoms with Crippen LogP contribution in [0, 0.1) is 0 Å². The molecule has 166 valence electrons. The van der Waals surface area contributed by atoms with Crippen molar-refractivity contribution in [2.24, 2.45) is 0 Å². The highest BCUT2D eigenvalue weighted by Gasteiger charge is 2.51. The number of alkyl carbamates (subject to hydrolysis) is 1. The van der Waals surface area contributed by atoms with Crippen LogP contribution in [0.5, 0.6) is 5.75 Å². The largest absolute Gasteiger partial charge is 0.508 e. The molecule has 0 radical (unpaired) electrons. The normalized spacial score (nSPS) is 18.6. The summed E-state index contributed by atoms with van der Waals surface area (Å²) in [6.45, 7) is 12.9. The van der Waals surface area contributed by atoms with Crippen LogP contribution in [0.2, 0.25) is 0 Å². The predicted molar refractivity (Wildman–Crippen MR) is 113 cm³/mol. The lowest BCUT2D eigenvalue weighted by Gasteiger charge is -2.32. The van der Waals surface area contributed by atoms with Crippen LogP contribution in [0.1, 0.15) is 54.0 Å². The number of benzene rings is 1. The first-order chi connectivity index (χ1) is 13.6. The molecule has 8 nitrogen and oxygen atoms in total. The second-order valence-electron chi connectivity index (χ2n) is 9.45. The Morgan fingerprint density at radius 3 is 2.20 bits per heavy atom. The highest BCUT2D eigenvalue weighted by atomic mass is 16.7. The van der Waals surface area contributed by atoms with Crippen LogP contribution >= 0.6 is 0 Å². The van der Waals surface area contributed by atoms with Gasteiger partial charge in [-0.1, -0.05) is 6.07 Å². The number of amides is 1. The van der Waals surface area contributed by atoms with Gasteiger partial charge in [-0.3, -0.25) is 0 Å². The Bertz CT molecular complexity index is 785. The standard InChI is InChI=1S/C21H32BNO7/c1-19(2,3)28-18(26)23-16(17(25)27-8)11-13-9-14(12-15(24)10-13)22-29-20(4,5)21(6,7)30-22/h9-10,12,16,24H,11H2,1-8H3,(H,23,26)/t16-/m0/s1. The van der Waals surface area contributed by atoms with Gasteiger partial charge in [-0.05, 0) is 71.6 Å². The second-order valence-corrected chi connectivity index (χ2v) is 9.45. The molecule has 2 N–H and O–H groups in total. The molecule has 1 aliphatic heterocycles. The fourth-order valence-corrected chi connectivity index (χ4v) is 2.95. The summed E-state index contributed by atoms with van der Waals surface area (Å²) in [6, 6.07) is 3.86. The Morgan fingerprint density at radius 1 is 1.13 bits per heavy atom. The number of phenols is 1. The van der Waals surface area contributed by atoms with Gasteiger partial charge >= 0.3 is 19.2 Å². The Balaban J connectivity index is 2.23. The molecular formula is C21H32BNO7. The Morgan fingerprint density at radius 2 is 1.70 bits per heavy atom. The zero-order chi connectivity index (χ0) is 22.9. The molecule has 1 heterocycles. The Labute approximate surface area is 178 Å². The third-order valence-electron chi connectivity index (χ3n) is 5.14. The average Bonchev–Trinajstić information content (AvgIpc) is 2.79. The number of hydrogen-bond donors (Lipinski definition) is 2. The molecule has 9 heteroatoms. The van der Waals surface area contributed by atoms with Crippen molar-refractivity contribution in [2.75, 3.05) is 7.11 Å².